The van der Waals surface area contributed by atoms with Crippen LogP contribution in [-0.4, -0.2) is 36.1 Å². The molecule has 1 fully saturated rings. The summed E-state index contributed by atoms with van der Waals surface area (Å²) in [5.41, 5.74) is 6.93. The molecule has 0 spiro atoms. The molecule has 0 atom stereocenters. The summed E-state index contributed by atoms with van der Waals surface area (Å²) in [5, 5.41) is 17.5. The van der Waals surface area contributed by atoms with Gasteiger partial charge in [0.05, 0.1) is 4.92 Å². The van der Waals surface area contributed by atoms with Crippen LogP contribution in [0.25, 0.3) is 0 Å². The van der Waals surface area contributed by atoms with Crippen LogP contribution in [0.5, 0.6) is 0 Å². The van der Waals surface area contributed by atoms with Crippen LogP contribution in [-0.2, 0) is 0 Å². The van der Waals surface area contributed by atoms with Crippen molar-refractivity contribution < 1.29 is 4.92 Å². The summed E-state index contributed by atoms with van der Waals surface area (Å²) < 4.78 is 0. The molecule has 8 heteroatoms. The van der Waals surface area contributed by atoms with Crippen molar-refractivity contribution in [2.75, 3.05) is 42.1 Å². The highest BCUT2D eigenvalue weighted by Gasteiger charge is 2.19. The van der Waals surface area contributed by atoms with E-state index in [1.165, 1.54) is 6.07 Å². The number of benzene rings is 1. The van der Waals surface area contributed by atoms with E-state index in [9.17, 15) is 10.1 Å². The van der Waals surface area contributed by atoms with E-state index < -0.39 is 4.92 Å². The standard InChI is InChI=1S/C15H18N6O2/c16-11-2-1-3-12(10-11)18-15-13(21(22)23)4-5-14(19-15)20-8-6-17-7-9-20/h1-5,10,17H,6-9,16H2,(H,18,19). The van der Waals surface area contributed by atoms with E-state index in [1.54, 1.807) is 30.3 Å². The fourth-order valence-electron chi connectivity index (χ4n) is 2.50. The fraction of sp³-hybridized carbons (Fsp3) is 0.267. The van der Waals surface area contributed by atoms with Gasteiger partial charge >= 0.3 is 5.69 Å². The van der Waals surface area contributed by atoms with Crippen molar-refractivity contribution in [2.24, 2.45) is 0 Å². The lowest BCUT2D eigenvalue weighted by molar-refractivity contribution is -0.384. The second-order valence-corrected chi connectivity index (χ2v) is 5.28. The number of nitrogens with two attached hydrogens (primary N) is 1. The molecule has 1 aliphatic rings. The Morgan fingerprint density at radius 1 is 1.26 bits per heavy atom. The van der Waals surface area contributed by atoms with Gasteiger partial charge < -0.3 is 21.3 Å². The molecule has 23 heavy (non-hydrogen) atoms. The van der Waals surface area contributed by atoms with E-state index in [4.69, 9.17) is 5.73 Å². The number of piperazine rings is 1. The fourth-order valence-corrected chi connectivity index (χ4v) is 2.50. The number of hydrogen-bond donors (Lipinski definition) is 3. The summed E-state index contributed by atoms with van der Waals surface area (Å²) in [6, 6.07) is 10.2. The molecular weight excluding hydrogens is 296 g/mol. The molecule has 2 heterocycles. The van der Waals surface area contributed by atoms with E-state index in [1.807, 2.05) is 0 Å². The maximum absolute atomic E-state index is 11.2. The summed E-state index contributed by atoms with van der Waals surface area (Å²) in [7, 11) is 0. The molecule has 3 rings (SSSR count). The van der Waals surface area contributed by atoms with Crippen molar-refractivity contribution in [1.82, 2.24) is 10.3 Å². The predicted octanol–water partition coefficient (Wildman–Crippen LogP) is 1.73. The number of nitrogens with zero attached hydrogens (tertiary/aromatic N) is 3. The Bertz CT molecular complexity index is 715. The van der Waals surface area contributed by atoms with Gasteiger partial charge in [-0.2, -0.15) is 0 Å². The molecule has 0 radical (unpaired) electrons. The summed E-state index contributed by atoms with van der Waals surface area (Å²) in [6.45, 7) is 3.39. The molecule has 1 aromatic heterocycles. The minimum absolute atomic E-state index is 0.0636. The molecule has 1 aliphatic heterocycles. The van der Waals surface area contributed by atoms with Crippen LogP contribution < -0.4 is 21.3 Å². The lowest BCUT2D eigenvalue weighted by atomic mass is 10.2. The highest BCUT2D eigenvalue weighted by Crippen LogP contribution is 2.29. The minimum atomic E-state index is -0.441. The van der Waals surface area contributed by atoms with Crippen LogP contribution in [0.3, 0.4) is 0 Å². The maximum Gasteiger partial charge on any atom is 0.311 e. The number of nitro groups is 1. The SMILES string of the molecule is Nc1cccc(Nc2nc(N3CCNCC3)ccc2[N+](=O)[O-])c1. The number of pyridine rings is 1. The van der Waals surface area contributed by atoms with Crippen LogP contribution in [0.15, 0.2) is 36.4 Å². The van der Waals surface area contributed by atoms with E-state index in [-0.39, 0.29) is 11.5 Å². The van der Waals surface area contributed by atoms with Gasteiger partial charge in [-0.1, -0.05) is 6.07 Å². The Labute approximate surface area is 133 Å². The van der Waals surface area contributed by atoms with Crippen molar-refractivity contribution >= 4 is 28.7 Å². The summed E-state index contributed by atoms with van der Waals surface area (Å²) in [5.74, 6) is 0.945. The Kier molecular flexibility index (Phi) is 4.24. The normalized spacial score (nSPS) is 14.5. The zero-order valence-corrected chi connectivity index (χ0v) is 12.5. The van der Waals surface area contributed by atoms with Crippen molar-refractivity contribution in [1.29, 1.82) is 0 Å². The van der Waals surface area contributed by atoms with Gasteiger partial charge in [-0.25, -0.2) is 4.98 Å². The molecule has 0 saturated carbocycles. The third kappa shape index (κ3) is 3.49. The third-order valence-corrected chi connectivity index (χ3v) is 3.65. The van der Waals surface area contributed by atoms with Crippen LogP contribution in [0.2, 0.25) is 0 Å². The van der Waals surface area contributed by atoms with Crippen molar-refractivity contribution in [2.45, 2.75) is 0 Å². The largest absolute Gasteiger partial charge is 0.399 e. The monoisotopic (exact) mass is 314 g/mol. The maximum atomic E-state index is 11.2. The quantitative estimate of drug-likeness (QED) is 0.448. The number of nitrogens with one attached hydrogen (secondary N) is 2. The van der Waals surface area contributed by atoms with Gasteiger partial charge in [-0.15, -0.1) is 0 Å². The van der Waals surface area contributed by atoms with Gasteiger partial charge in [-0.3, -0.25) is 10.1 Å². The Morgan fingerprint density at radius 3 is 2.74 bits per heavy atom. The first-order chi connectivity index (χ1) is 11.1. The molecule has 2 aromatic rings. The second-order valence-electron chi connectivity index (χ2n) is 5.28. The zero-order chi connectivity index (χ0) is 16.2. The first-order valence-electron chi connectivity index (χ1n) is 7.37. The van der Waals surface area contributed by atoms with Crippen molar-refractivity contribution in [3.05, 3.63) is 46.5 Å². The molecular formula is C15H18N6O2. The average molecular weight is 314 g/mol. The lowest BCUT2D eigenvalue weighted by Crippen LogP contribution is -2.43. The van der Waals surface area contributed by atoms with Gasteiger partial charge in [0, 0.05) is 43.6 Å². The molecule has 120 valence electrons. The van der Waals surface area contributed by atoms with E-state index in [2.05, 4.69) is 20.5 Å². The van der Waals surface area contributed by atoms with Gasteiger partial charge in [0.15, 0.2) is 0 Å². The number of aromatic nitrogens is 1. The van der Waals surface area contributed by atoms with Crippen LogP contribution >= 0.6 is 0 Å². The zero-order valence-electron chi connectivity index (χ0n) is 12.5. The van der Waals surface area contributed by atoms with E-state index in [0.29, 0.717) is 11.4 Å². The first-order valence-corrected chi connectivity index (χ1v) is 7.37. The topological polar surface area (TPSA) is 109 Å². The predicted molar refractivity (Wildman–Crippen MR) is 90.1 cm³/mol. The molecule has 0 aliphatic carbocycles. The number of rotatable bonds is 4. The summed E-state index contributed by atoms with van der Waals surface area (Å²) >= 11 is 0. The molecule has 0 bridgehead atoms. The van der Waals surface area contributed by atoms with E-state index >= 15 is 0 Å². The minimum Gasteiger partial charge on any atom is -0.399 e. The van der Waals surface area contributed by atoms with Crippen LogP contribution in [0.4, 0.5) is 28.7 Å². The third-order valence-electron chi connectivity index (χ3n) is 3.65. The Hall–Kier alpha value is -2.87. The van der Waals surface area contributed by atoms with E-state index in [0.717, 1.165) is 32.0 Å². The highest BCUT2D eigenvalue weighted by molar-refractivity contribution is 5.69. The van der Waals surface area contributed by atoms with Crippen LogP contribution in [0, 0.1) is 10.1 Å². The average Bonchev–Trinajstić information content (AvgIpc) is 2.55. The first kappa shape index (κ1) is 15.0. The molecule has 8 nitrogen and oxygen atoms in total. The van der Waals surface area contributed by atoms with Gasteiger partial charge in [0.25, 0.3) is 0 Å². The molecule has 0 unspecified atom stereocenters. The summed E-state index contributed by atoms with van der Waals surface area (Å²) in [4.78, 5) is 17.4. The number of hydrogen-bond acceptors (Lipinski definition) is 7. The molecule has 0 amide bonds. The number of nitrogen functional groups attached to an aromatic ring is 1. The Morgan fingerprint density at radius 2 is 2.04 bits per heavy atom. The van der Waals surface area contributed by atoms with Crippen molar-refractivity contribution in [3.63, 3.8) is 0 Å². The lowest BCUT2D eigenvalue weighted by Gasteiger charge is -2.28. The molecule has 1 saturated heterocycles. The highest BCUT2D eigenvalue weighted by atomic mass is 16.6. The second kappa shape index (κ2) is 6.49. The smallest absolute Gasteiger partial charge is 0.311 e. The molecule has 1 aromatic carbocycles. The van der Waals surface area contributed by atoms with Gasteiger partial charge in [0.1, 0.15) is 5.82 Å². The summed E-state index contributed by atoms with van der Waals surface area (Å²) in [6.07, 6.45) is 0. The van der Waals surface area contributed by atoms with Crippen LogP contribution in [0.1, 0.15) is 0 Å². The Balaban J connectivity index is 1.93. The number of anilines is 4. The molecule has 4 N–H and O–H groups in total. The van der Waals surface area contributed by atoms with Gasteiger partial charge in [0.2, 0.25) is 5.82 Å². The van der Waals surface area contributed by atoms with Gasteiger partial charge in [-0.05, 0) is 24.3 Å². The van der Waals surface area contributed by atoms with Crippen molar-refractivity contribution in [3.8, 4) is 0 Å².